The van der Waals surface area contributed by atoms with E-state index in [1.807, 2.05) is 0 Å². The molecule has 0 aliphatic carbocycles. The third kappa shape index (κ3) is 3.68. The third-order valence-electron chi connectivity index (χ3n) is 4.85. The van der Waals surface area contributed by atoms with Gasteiger partial charge in [-0.15, -0.1) is 0 Å². The number of rotatable bonds is 3. The number of likely N-dealkylation sites (N-methyl/N-ethyl adjacent to an activating group) is 1. The molecule has 2 amide bonds. The second-order valence-corrected chi connectivity index (χ2v) is 8.10. The molecule has 1 atom stereocenters. The van der Waals surface area contributed by atoms with Gasteiger partial charge in [-0.2, -0.15) is 0 Å². The number of carbonyl (C=O) groups is 2. The summed E-state index contributed by atoms with van der Waals surface area (Å²) in [6.07, 6.45) is 0.139. The van der Waals surface area contributed by atoms with Crippen molar-refractivity contribution in [2.24, 2.45) is 0 Å². The first-order chi connectivity index (χ1) is 11.9. The van der Waals surface area contributed by atoms with Crippen LogP contribution >= 0.6 is 0 Å². The van der Waals surface area contributed by atoms with Crippen molar-refractivity contribution in [3.63, 3.8) is 0 Å². The Morgan fingerprint density at radius 2 is 2.04 bits per heavy atom. The van der Waals surface area contributed by atoms with Crippen LogP contribution in [-0.2, 0) is 20.3 Å². The Bertz CT molecular complexity index is 717. The molecule has 25 heavy (non-hydrogen) atoms. The van der Waals surface area contributed by atoms with E-state index in [4.69, 9.17) is 4.74 Å². The van der Waals surface area contributed by atoms with Crippen LogP contribution in [0, 0.1) is 5.82 Å². The molecular weight excluding hydrogens is 347 g/mol. The molecule has 0 aromatic heterocycles. The van der Waals surface area contributed by atoms with Crippen molar-refractivity contribution < 1.29 is 22.9 Å². The summed E-state index contributed by atoms with van der Waals surface area (Å²) < 4.78 is 31.2. The molecule has 0 bridgehead atoms. The lowest BCUT2D eigenvalue weighted by molar-refractivity contribution is -0.134. The number of halogens is 1. The van der Waals surface area contributed by atoms with Gasteiger partial charge in [0.15, 0.2) is 6.23 Å². The molecule has 0 radical (unpaired) electrons. The molecule has 8 heteroatoms. The van der Waals surface area contributed by atoms with Crippen molar-refractivity contribution >= 4 is 28.5 Å². The first-order valence-corrected chi connectivity index (χ1v) is 9.71. The minimum atomic E-state index is -0.789. The van der Waals surface area contributed by atoms with Crippen molar-refractivity contribution in [3.8, 4) is 0 Å². The standard InChI is InChI=1S/C17H21FN2O4S/c1-11(21)19(2)16-10-20(17(22)24-16)13-3-4-14(15(18)9-13)12-5-7-25(23)8-6-12/h3-4,9,12,16H,5-8,10H2,1-2H3/t12?,16-,25?/m0/s1. The van der Waals surface area contributed by atoms with Gasteiger partial charge in [0, 0.05) is 36.3 Å². The van der Waals surface area contributed by atoms with Crippen LogP contribution in [0.1, 0.15) is 31.2 Å². The molecule has 2 aliphatic rings. The smallest absolute Gasteiger partial charge is 0.416 e. The van der Waals surface area contributed by atoms with Gasteiger partial charge in [-0.25, -0.2) is 9.18 Å². The van der Waals surface area contributed by atoms with Crippen molar-refractivity contribution in [3.05, 3.63) is 29.6 Å². The maximum Gasteiger partial charge on any atom is 0.416 e. The zero-order chi connectivity index (χ0) is 18.1. The van der Waals surface area contributed by atoms with Crippen LogP contribution in [0.25, 0.3) is 0 Å². The molecule has 3 rings (SSSR count). The summed E-state index contributed by atoms with van der Waals surface area (Å²) in [6.45, 7) is 1.55. The van der Waals surface area contributed by atoms with Gasteiger partial charge in [-0.1, -0.05) is 6.07 Å². The van der Waals surface area contributed by atoms with Crippen molar-refractivity contribution in [2.45, 2.75) is 31.9 Å². The summed E-state index contributed by atoms with van der Waals surface area (Å²) in [5.74, 6) is 0.684. The highest BCUT2D eigenvalue weighted by molar-refractivity contribution is 7.85. The number of anilines is 1. The molecular formula is C17H21FN2O4S. The molecule has 136 valence electrons. The number of hydrogen-bond donors (Lipinski definition) is 0. The van der Waals surface area contributed by atoms with Crippen molar-refractivity contribution in [2.75, 3.05) is 30.0 Å². The van der Waals surface area contributed by atoms with Gasteiger partial charge >= 0.3 is 6.09 Å². The minimum Gasteiger partial charge on any atom is -0.423 e. The molecule has 6 nitrogen and oxygen atoms in total. The van der Waals surface area contributed by atoms with E-state index in [-0.39, 0.29) is 24.2 Å². The zero-order valence-electron chi connectivity index (χ0n) is 14.2. The first kappa shape index (κ1) is 17.8. The van der Waals surface area contributed by atoms with Gasteiger partial charge < -0.3 is 9.64 Å². The van der Waals surface area contributed by atoms with E-state index in [0.29, 0.717) is 35.6 Å². The molecule has 0 unspecified atom stereocenters. The number of benzene rings is 1. The average Bonchev–Trinajstić information content (AvgIpc) is 2.96. The molecule has 1 aromatic carbocycles. The zero-order valence-corrected chi connectivity index (χ0v) is 15.1. The highest BCUT2D eigenvalue weighted by Gasteiger charge is 2.36. The topological polar surface area (TPSA) is 66.9 Å². The Kier molecular flexibility index (Phi) is 5.08. The monoisotopic (exact) mass is 368 g/mol. The largest absolute Gasteiger partial charge is 0.423 e. The normalized spacial score (nSPS) is 26.4. The molecule has 0 spiro atoms. The fourth-order valence-electron chi connectivity index (χ4n) is 3.18. The fourth-order valence-corrected chi connectivity index (χ4v) is 4.48. The fraction of sp³-hybridized carbons (Fsp3) is 0.529. The number of carbonyl (C=O) groups excluding carboxylic acids is 2. The van der Waals surface area contributed by atoms with Gasteiger partial charge in [0.25, 0.3) is 0 Å². The average molecular weight is 368 g/mol. The van der Waals surface area contributed by atoms with E-state index in [9.17, 15) is 18.2 Å². The summed E-state index contributed by atoms with van der Waals surface area (Å²) in [4.78, 5) is 26.1. The predicted molar refractivity (Wildman–Crippen MR) is 92.3 cm³/mol. The van der Waals surface area contributed by atoms with Crippen LogP contribution in [0.5, 0.6) is 0 Å². The number of hydrogen-bond acceptors (Lipinski definition) is 4. The van der Waals surface area contributed by atoms with E-state index in [1.165, 1.54) is 22.8 Å². The lowest BCUT2D eigenvalue weighted by Crippen LogP contribution is -2.38. The summed E-state index contributed by atoms with van der Waals surface area (Å²) in [5, 5.41) is 0. The van der Waals surface area contributed by atoms with E-state index in [1.54, 1.807) is 19.2 Å². The maximum absolute atomic E-state index is 14.6. The number of amides is 2. The summed E-state index contributed by atoms with van der Waals surface area (Å²) in [5.41, 5.74) is 1.01. The predicted octanol–water partition coefficient (Wildman–Crippen LogP) is 2.21. The number of cyclic esters (lactones) is 1. The molecule has 1 aromatic rings. The molecule has 0 saturated carbocycles. The van der Waals surface area contributed by atoms with E-state index >= 15 is 0 Å². The number of nitrogens with zero attached hydrogens (tertiary/aromatic N) is 2. The van der Waals surface area contributed by atoms with Crippen molar-refractivity contribution in [1.82, 2.24) is 4.90 Å². The van der Waals surface area contributed by atoms with Crippen LogP contribution in [0.3, 0.4) is 0 Å². The SMILES string of the molecule is CC(=O)N(C)[C@@H]1CN(c2ccc(C3CCS(=O)CC3)c(F)c2)C(=O)O1. The summed E-state index contributed by atoms with van der Waals surface area (Å²) >= 11 is 0. The Morgan fingerprint density at radius 1 is 1.36 bits per heavy atom. The lowest BCUT2D eigenvalue weighted by Gasteiger charge is -2.23. The highest BCUT2D eigenvalue weighted by atomic mass is 32.2. The molecule has 2 saturated heterocycles. The first-order valence-electron chi connectivity index (χ1n) is 8.22. The Labute approximate surface area is 148 Å². The van der Waals surface area contributed by atoms with Crippen LogP contribution < -0.4 is 4.90 Å². The van der Waals surface area contributed by atoms with Gasteiger partial charge in [0.05, 0.1) is 12.2 Å². The molecule has 2 heterocycles. The van der Waals surface area contributed by atoms with Gasteiger partial charge in [0.2, 0.25) is 5.91 Å². The Morgan fingerprint density at radius 3 is 2.64 bits per heavy atom. The van der Waals surface area contributed by atoms with Gasteiger partial charge in [0.1, 0.15) is 5.82 Å². The quantitative estimate of drug-likeness (QED) is 0.820. The second-order valence-electron chi connectivity index (χ2n) is 6.41. The van der Waals surface area contributed by atoms with Gasteiger partial charge in [-0.05, 0) is 36.5 Å². The maximum atomic E-state index is 14.6. The summed E-state index contributed by atoms with van der Waals surface area (Å²) in [6, 6.07) is 4.72. The second kappa shape index (κ2) is 7.11. The van der Waals surface area contributed by atoms with Crippen LogP contribution in [0.15, 0.2) is 18.2 Å². The summed E-state index contributed by atoms with van der Waals surface area (Å²) in [7, 11) is 0.767. The van der Waals surface area contributed by atoms with E-state index in [0.717, 1.165) is 0 Å². The van der Waals surface area contributed by atoms with Gasteiger partial charge in [-0.3, -0.25) is 13.9 Å². The Hall–Kier alpha value is -1.96. The third-order valence-corrected chi connectivity index (χ3v) is 6.23. The molecule has 2 fully saturated rings. The van der Waals surface area contributed by atoms with Crippen LogP contribution in [0.4, 0.5) is 14.9 Å². The Balaban J connectivity index is 1.75. The van der Waals surface area contributed by atoms with Crippen LogP contribution in [0.2, 0.25) is 0 Å². The minimum absolute atomic E-state index is 0.0638. The highest BCUT2D eigenvalue weighted by Crippen LogP contribution is 2.32. The van der Waals surface area contributed by atoms with Crippen LogP contribution in [-0.4, -0.2) is 52.4 Å². The van der Waals surface area contributed by atoms with E-state index < -0.39 is 23.1 Å². The lowest BCUT2D eigenvalue weighted by atomic mass is 9.93. The van der Waals surface area contributed by atoms with Crippen molar-refractivity contribution in [1.29, 1.82) is 0 Å². The molecule has 0 N–H and O–H groups in total. The van der Waals surface area contributed by atoms with E-state index in [2.05, 4.69) is 0 Å². The molecule has 2 aliphatic heterocycles. The number of ether oxygens (including phenoxy) is 1.